The van der Waals surface area contributed by atoms with Gasteiger partial charge in [0, 0.05) is 35.1 Å². The molecule has 0 aromatic carbocycles. The fourth-order valence-corrected chi connectivity index (χ4v) is 3.18. The van der Waals surface area contributed by atoms with Crippen molar-refractivity contribution in [3.63, 3.8) is 0 Å². The predicted octanol–water partition coefficient (Wildman–Crippen LogP) is 2.95. The molecule has 1 aliphatic rings. The zero-order valence-corrected chi connectivity index (χ0v) is 15.0. The number of anilines is 1. The van der Waals surface area contributed by atoms with Gasteiger partial charge in [0.25, 0.3) is 0 Å². The summed E-state index contributed by atoms with van der Waals surface area (Å²) in [5.74, 6) is -0.267. The number of fused-ring (bicyclic) bond motifs is 1. The quantitative estimate of drug-likeness (QED) is 0.482. The SMILES string of the molecule is Cc1cc(-c2n[nH]c3cc(NC(O)NC(C4CC4)C(F)(F)F)ncc23)ccn1. The number of nitrogens with one attached hydrogen (secondary N) is 3. The third kappa shape index (κ3) is 3.92. The molecule has 0 amide bonds. The first-order valence-corrected chi connectivity index (χ1v) is 8.86. The fraction of sp³-hybridized carbons (Fsp3) is 0.389. The minimum atomic E-state index is -4.41. The first kappa shape index (κ1) is 18.6. The molecule has 2 atom stereocenters. The van der Waals surface area contributed by atoms with E-state index in [0.717, 1.165) is 16.6 Å². The van der Waals surface area contributed by atoms with Crippen LogP contribution < -0.4 is 10.6 Å². The second-order valence-corrected chi connectivity index (χ2v) is 6.94. The van der Waals surface area contributed by atoms with E-state index in [2.05, 4.69) is 30.8 Å². The van der Waals surface area contributed by atoms with Gasteiger partial charge in [-0.15, -0.1) is 0 Å². The minimum Gasteiger partial charge on any atom is -0.361 e. The second kappa shape index (κ2) is 7.02. The summed E-state index contributed by atoms with van der Waals surface area (Å²) < 4.78 is 39.2. The molecule has 1 saturated carbocycles. The predicted molar refractivity (Wildman–Crippen MR) is 97.2 cm³/mol. The Morgan fingerprint density at radius 3 is 2.71 bits per heavy atom. The Hall–Kier alpha value is -2.72. The van der Waals surface area contributed by atoms with Crippen molar-refractivity contribution in [2.45, 2.75) is 38.3 Å². The van der Waals surface area contributed by atoms with Crippen LogP contribution in [-0.4, -0.2) is 43.8 Å². The summed E-state index contributed by atoms with van der Waals surface area (Å²) in [6.45, 7) is 1.88. The normalized spacial score (nSPS) is 16.9. The number of aliphatic hydroxyl groups is 1. The number of nitrogens with zero attached hydrogens (tertiary/aromatic N) is 3. The molecule has 4 N–H and O–H groups in total. The number of pyridine rings is 2. The highest BCUT2D eigenvalue weighted by Crippen LogP contribution is 2.40. The molecule has 0 saturated heterocycles. The fourth-order valence-electron chi connectivity index (χ4n) is 3.18. The molecule has 0 bridgehead atoms. The van der Waals surface area contributed by atoms with E-state index in [4.69, 9.17) is 0 Å². The van der Waals surface area contributed by atoms with Gasteiger partial charge in [0.15, 0.2) is 6.35 Å². The standard InChI is InChI=1S/C18H19F3N6O/c1-9-6-11(4-5-22-9)15-12-8-23-14(7-13(12)26-27-15)24-17(28)25-16(10-2-3-10)18(19,20)21/h4-8,10,16-17,25,28H,2-3H2,1H3,(H,23,24)(H,26,27). The first-order valence-electron chi connectivity index (χ1n) is 8.86. The summed E-state index contributed by atoms with van der Waals surface area (Å²) in [6.07, 6.45) is -1.75. The third-order valence-electron chi connectivity index (χ3n) is 4.69. The molecule has 28 heavy (non-hydrogen) atoms. The van der Waals surface area contributed by atoms with E-state index >= 15 is 0 Å². The number of hydrogen-bond donors (Lipinski definition) is 4. The van der Waals surface area contributed by atoms with E-state index < -0.39 is 24.5 Å². The molecule has 4 rings (SSSR count). The largest absolute Gasteiger partial charge is 0.404 e. The summed E-state index contributed by atoms with van der Waals surface area (Å²) in [5, 5.41) is 22.7. The van der Waals surface area contributed by atoms with Crippen LogP contribution in [-0.2, 0) is 0 Å². The Morgan fingerprint density at radius 2 is 2.04 bits per heavy atom. The minimum absolute atomic E-state index is 0.227. The summed E-state index contributed by atoms with van der Waals surface area (Å²) >= 11 is 0. The number of halogens is 3. The summed E-state index contributed by atoms with van der Waals surface area (Å²) in [5.41, 5.74) is 3.07. The lowest BCUT2D eigenvalue weighted by atomic mass is 10.1. The molecule has 1 fully saturated rings. The van der Waals surface area contributed by atoms with Crippen LogP contribution in [0.4, 0.5) is 19.0 Å². The molecule has 3 heterocycles. The first-order chi connectivity index (χ1) is 13.3. The van der Waals surface area contributed by atoms with Crippen molar-refractivity contribution >= 4 is 16.7 Å². The second-order valence-electron chi connectivity index (χ2n) is 6.94. The number of aryl methyl sites for hydroxylation is 1. The van der Waals surface area contributed by atoms with Crippen molar-refractivity contribution in [1.82, 2.24) is 25.5 Å². The number of rotatable bonds is 6. The molecular formula is C18H19F3N6O. The summed E-state index contributed by atoms with van der Waals surface area (Å²) in [4.78, 5) is 8.35. The highest BCUT2D eigenvalue weighted by atomic mass is 19.4. The Morgan fingerprint density at radius 1 is 1.25 bits per heavy atom. The maximum atomic E-state index is 13.1. The van der Waals surface area contributed by atoms with Crippen LogP contribution >= 0.6 is 0 Å². The maximum absolute atomic E-state index is 13.1. The van der Waals surface area contributed by atoms with Crippen molar-refractivity contribution in [1.29, 1.82) is 0 Å². The average molecular weight is 392 g/mol. The van der Waals surface area contributed by atoms with Crippen LogP contribution in [0.25, 0.3) is 22.2 Å². The van der Waals surface area contributed by atoms with Gasteiger partial charge in [-0.3, -0.25) is 15.4 Å². The van der Waals surface area contributed by atoms with E-state index in [-0.39, 0.29) is 5.82 Å². The number of aliphatic hydroxyl groups excluding tert-OH is 1. The van der Waals surface area contributed by atoms with Crippen LogP contribution in [0.3, 0.4) is 0 Å². The van der Waals surface area contributed by atoms with Gasteiger partial charge in [0.05, 0.1) is 5.52 Å². The Kier molecular flexibility index (Phi) is 4.68. The molecule has 3 aromatic heterocycles. The van der Waals surface area contributed by atoms with Gasteiger partial charge >= 0.3 is 6.18 Å². The van der Waals surface area contributed by atoms with Crippen molar-refractivity contribution in [2.75, 3.05) is 5.32 Å². The van der Waals surface area contributed by atoms with Gasteiger partial charge < -0.3 is 10.4 Å². The molecule has 2 unspecified atom stereocenters. The smallest absolute Gasteiger partial charge is 0.361 e. The molecule has 3 aromatic rings. The van der Waals surface area contributed by atoms with Gasteiger partial charge in [-0.2, -0.15) is 18.3 Å². The van der Waals surface area contributed by atoms with Crippen molar-refractivity contribution in [3.8, 4) is 11.3 Å². The van der Waals surface area contributed by atoms with Crippen molar-refractivity contribution < 1.29 is 18.3 Å². The number of aromatic nitrogens is 4. The Bertz CT molecular complexity index is 985. The molecule has 0 radical (unpaired) electrons. The zero-order valence-electron chi connectivity index (χ0n) is 15.0. The monoisotopic (exact) mass is 392 g/mol. The van der Waals surface area contributed by atoms with Crippen molar-refractivity contribution in [3.05, 3.63) is 36.3 Å². The van der Waals surface area contributed by atoms with Crippen molar-refractivity contribution in [2.24, 2.45) is 5.92 Å². The highest BCUT2D eigenvalue weighted by molar-refractivity contribution is 5.93. The maximum Gasteiger partial charge on any atom is 0.404 e. The van der Waals surface area contributed by atoms with E-state index in [1.807, 2.05) is 19.1 Å². The topological polar surface area (TPSA) is 98.8 Å². The van der Waals surface area contributed by atoms with Crippen LogP contribution in [0.1, 0.15) is 18.5 Å². The van der Waals surface area contributed by atoms with Gasteiger partial charge in [-0.25, -0.2) is 4.98 Å². The van der Waals surface area contributed by atoms with Gasteiger partial charge in [-0.1, -0.05) is 0 Å². The van der Waals surface area contributed by atoms with E-state index in [1.54, 1.807) is 18.5 Å². The lowest BCUT2D eigenvalue weighted by Crippen LogP contribution is -2.51. The molecule has 1 aliphatic carbocycles. The Balaban J connectivity index is 1.51. The van der Waals surface area contributed by atoms with E-state index in [1.165, 1.54) is 0 Å². The van der Waals surface area contributed by atoms with Crippen LogP contribution in [0.15, 0.2) is 30.6 Å². The average Bonchev–Trinajstić information content (AvgIpc) is 3.37. The molecule has 0 aliphatic heterocycles. The molecular weight excluding hydrogens is 373 g/mol. The molecule has 148 valence electrons. The number of aromatic amines is 1. The zero-order chi connectivity index (χ0) is 19.9. The molecule has 7 nitrogen and oxygen atoms in total. The van der Waals surface area contributed by atoms with Crippen LogP contribution in [0, 0.1) is 12.8 Å². The van der Waals surface area contributed by atoms with Gasteiger partial charge in [-0.05, 0) is 37.8 Å². The number of hydrogen-bond acceptors (Lipinski definition) is 6. The third-order valence-corrected chi connectivity index (χ3v) is 4.69. The number of alkyl halides is 3. The molecule has 0 spiro atoms. The van der Waals surface area contributed by atoms with Crippen LogP contribution in [0.5, 0.6) is 0 Å². The van der Waals surface area contributed by atoms with E-state index in [9.17, 15) is 18.3 Å². The summed E-state index contributed by atoms with van der Waals surface area (Å²) in [6, 6.07) is 3.57. The summed E-state index contributed by atoms with van der Waals surface area (Å²) in [7, 11) is 0. The van der Waals surface area contributed by atoms with Gasteiger partial charge in [0.2, 0.25) is 0 Å². The van der Waals surface area contributed by atoms with E-state index in [0.29, 0.717) is 24.1 Å². The Labute approximate surface area is 158 Å². The van der Waals surface area contributed by atoms with Crippen LogP contribution in [0.2, 0.25) is 0 Å². The number of H-pyrrole nitrogens is 1. The van der Waals surface area contributed by atoms with Gasteiger partial charge in [0.1, 0.15) is 17.6 Å². The molecule has 10 heteroatoms. The lowest BCUT2D eigenvalue weighted by Gasteiger charge is -2.25. The lowest BCUT2D eigenvalue weighted by molar-refractivity contribution is -0.167. The highest BCUT2D eigenvalue weighted by Gasteiger charge is 2.49.